The van der Waals surface area contributed by atoms with Crippen LogP contribution in [0.25, 0.3) is 0 Å². The number of amides is 1. The molecule has 2 aromatic carbocycles. The van der Waals surface area contributed by atoms with Crippen molar-refractivity contribution in [2.45, 2.75) is 43.5 Å². The van der Waals surface area contributed by atoms with E-state index >= 15 is 0 Å². The quantitative estimate of drug-likeness (QED) is 0.612. The fraction of sp³-hybridized carbons (Fsp3) is 0.350. The van der Waals surface area contributed by atoms with E-state index in [9.17, 15) is 18.7 Å². The van der Waals surface area contributed by atoms with Crippen molar-refractivity contribution < 1.29 is 18.7 Å². The van der Waals surface area contributed by atoms with E-state index in [0.29, 0.717) is 0 Å². The Morgan fingerprint density at radius 1 is 1.11 bits per heavy atom. The summed E-state index contributed by atoms with van der Waals surface area (Å²) < 4.78 is 27.7. The van der Waals surface area contributed by atoms with Gasteiger partial charge in [0.1, 0.15) is 12.0 Å². The lowest BCUT2D eigenvalue weighted by Crippen LogP contribution is -2.48. The molecule has 3 rings (SSSR count). The van der Waals surface area contributed by atoms with E-state index < -0.39 is 29.5 Å². The van der Waals surface area contributed by atoms with E-state index in [2.05, 4.69) is 5.32 Å². The Morgan fingerprint density at radius 3 is 2.29 bits per heavy atom. The summed E-state index contributed by atoms with van der Waals surface area (Å²) in [7, 11) is 0. The summed E-state index contributed by atoms with van der Waals surface area (Å²) in [5, 5.41) is 14.0. The number of benzene rings is 2. The normalized spacial score (nSPS) is 23.3. The number of carbonyl (C=O) groups excluding carboxylic acids is 1. The third-order valence-electron chi connectivity index (χ3n) is 5.08. The lowest BCUT2D eigenvalue weighted by atomic mass is 9.76. The van der Waals surface area contributed by atoms with Gasteiger partial charge in [-0.3, -0.25) is 4.79 Å². The molecule has 8 heteroatoms. The highest BCUT2D eigenvalue weighted by molar-refractivity contribution is 6.39. The van der Waals surface area contributed by atoms with Crippen molar-refractivity contribution in [1.29, 1.82) is 0 Å². The van der Waals surface area contributed by atoms with Crippen LogP contribution in [0.1, 0.15) is 47.6 Å². The van der Waals surface area contributed by atoms with Gasteiger partial charge in [0.15, 0.2) is 0 Å². The molecule has 150 valence electrons. The van der Waals surface area contributed by atoms with Crippen LogP contribution >= 0.6 is 34.8 Å². The lowest BCUT2D eigenvalue weighted by molar-refractivity contribution is -0.0445. The first-order chi connectivity index (χ1) is 13.2. The van der Waals surface area contributed by atoms with Gasteiger partial charge in [0.2, 0.25) is 0 Å². The molecule has 1 unspecified atom stereocenters. The van der Waals surface area contributed by atoms with Crippen molar-refractivity contribution in [1.82, 2.24) is 5.32 Å². The predicted octanol–water partition coefficient (Wildman–Crippen LogP) is 5.90. The zero-order valence-corrected chi connectivity index (χ0v) is 17.0. The van der Waals surface area contributed by atoms with Crippen LogP contribution in [0.4, 0.5) is 8.78 Å². The van der Waals surface area contributed by atoms with Crippen molar-refractivity contribution in [2.24, 2.45) is 0 Å². The van der Waals surface area contributed by atoms with Crippen LogP contribution in [-0.4, -0.2) is 22.8 Å². The summed E-state index contributed by atoms with van der Waals surface area (Å²) in [4.78, 5) is 12.9. The van der Waals surface area contributed by atoms with Crippen LogP contribution < -0.4 is 5.32 Å². The third kappa shape index (κ3) is 4.28. The molecule has 28 heavy (non-hydrogen) atoms. The summed E-state index contributed by atoms with van der Waals surface area (Å²) >= 11 is 18.3. The van der Waals surface area contributed by atoms with Crippen molar-refractivity contribution in [2.75, 3.05) is 0 Å². The zero-order valence-electron chi connectivity index (χ0n) is 14.7. The highest BCUT2D eigenvalue weighted by Gasteiger charge is 2.43. The standard InChI is InChI=1S/C20H18Cl3F2NO2/c21-13-4-2-5-14(22)16(13)19(27)26-18(12-3-1-6-15(25)17(12)23)20(28)9-7-11(24)8-10-20/h1-6,11,18,28H,7-10H2,(H,26,27)/t11-,18?,20-. The Balaban J connectivity index is 2.02. The SMILES string of the molecule is O=C(NC(c1cccc(F)c1Cl)[C@]1(O)CC[C@H](F)CC1)c1c(Cl)cccc1Cl. The van der Waals surface area contributed by atoms with Gasteiger partial charge >= 0.3 is 0 Å². The van der Waals surface area contributed by atoms with E-state index in [-0.39, 0.29) is 51.9 Å². The number of nitrogens with one attached hydrogen (secondary N) is 1. The number of halogens is 5. The van der Waals surface area contributed by atoms with E-state index in [1.807, 2.05) is 0 Å². The fourth-order valence-corrected chi connectivity index (χ4v) is 4.34. The Morgan fingerprint density at radius 2 is 1.68 bits per heavy atom. The molecule has 0 heterocycles. The Hall–Kier alpha value is -1.40. The largest absolute Gasteiger partial charge is 0.387 e. The first kappa shape index (κ1) is 21.3. The molecule has 1 aliphatic carbocycles. The Bertz CT molecular complexity index is 865. The number of rotatable bonds is 4. The molecule has 0 spiro atoms. The monoisotopic (exact) mass is 447 g/mol. The van der Waals surface area contributed by atoms with Crippen molar-refractivity contribution in [3.63, 3.8) is 0 Å². The molecule has 0 bridgehead atoms. The molecule has 1 fully saturated rings. The maximum Gasteiger partial charge on any atom is 0.254 e. The second-order valence-corrected chi connectivity index (χ2v) is 8.12. The molecule has 1 saturated carbocycles. The minimum Gasteiger partial charge on any atom is -0.387 e. The molecule has 0 saturated heterocycles. The minimum absolute atomic E-state index is 0.0335. The molecule has 2 N–H and O–H groups in total. The van der Waals surface area contributed by atoms with Crippen molar-refractivity contribution in [3.05, 3.63) is 68.4 Å². The third-order valence-corrected chi connectivity index (χ3v) is 6.10. The molecule has 0 aromatic heterocycles. The highest BCUT2D eigenvalue weighted by atomic mass is 35.5. The average molecular weight is 449 g/mol. The zero-order chi connectivity index (χ0) is 20.5. The molecular formula is C20H18Cl3F2NO2. The molecule has 3 nitrogen and oxygen atoms in total. The number of hydrogen-bond acceptors (Lipinski definition) is 2. The van der Waals surface area contributed by atoms with Gasteiger partial charge < -0.3 is 10.4 Å². The number of hydrogen-bond donors (Lipinski definition) is 2. The summed E-state index contributed by atoms with van der Waals surface area (Å²) in [6, 6.07) is 7.68. The van der Waals surface area contributed by atoms with Gasteiger partial charge in [-0.15, -0.1) is 0 Å². The molecular weight excluding hydrogens is 431 g/mol. The Labute approximate surface area is 176 Å². The summed E-state index contributed by atoms with van der Waals surface area (Å²) in [5.41, 5.74) is -1.26. The maximum atomic E-state index is 14.1. The van der Waals surface area contributed by atoms with Gasteiger partial charge in [-0.1, -0.05) is 53.0 Å². The summed E-state index contributed by atoms with van der Waals surface area (Å²) in [6.45, 7) is 0. The van der Waals surface area contributed by atoms with E-state index in [0.717, 1.165) is 0 Å². The number of carbonyl (C=O) groups is 1. The summed E-state index contributed by atoms with van der Waals surface area (Å²) in [6.07, 6.45) is -0.604. The predicted molar refractivity (Wildman–Crippen MR) is 106 cm³/mol. The van der Waals surface area contributed by atoms with Crippen LogP contribution in [0.15, 0.2) is 36.4 Å². The first-order valence-corrected chi connectivity index (χ1v) is 9.91. The van der Waals surface area contributed by atoms with Crippen molar-refractivity contribution in [3.8, 4) is 0 Å². The molecule has 1 amide bonds. The van der Waals surface area contributed by atoms with E-state index in [1.165, 1.54) is 30.3 Å². The topological polar surface area (TPSA) is 49.3 Å². The molecule has 2 aromatic rings. The average Bonchev–Trinajstić information content (AvgIpc) is 2.65. The van der Waals surface area contributed by atoms with Gasteiger partial charge in [0.25, 0.3) is 5.91 Å². The Kier molecular flexibility index (Phi) is 6.50. The van der Waals surface area contributed by atoms with Crippen LogP contribution in [0, 0.1) is 5.82 Å². The minimum atomic E-state index is -1.50. The van der Waals surface area contributed by atoms with Gasteiger partial charge in [0.05, 0.1) is 32.3 Å². The van der Waals surface area contributed by atoms with Crippen LogP contribution in [0.5, 0.6) is 0 Å². The smallest absolute Gasteiger partial charge is 0.254 e. The van der Waals surface area contributed by atoms with E-state index in [4.69, 9.17) is 34.8 Å². The van der Waals surface area contributed by atoms with Crippen LogP contribution in [-0.2, 0) is 0 Å². The van der Waals surface area contributed by atoms with Crippen molar-refractivity contribution >= 4 is 40.7 Å². The van der Waals surface area contributed by atoms with E-state index in [1.54, 1.807) is 6.07 Å². The second-order valence-electron chi connectivity index (χ2n) is 6.92. The highest BCUT2D eigenvalue weighted by Crippen LogP contribution is 2.42. The molecule has 0 aliphatic heterocycles. The van der Waals surface area contributed by atoms with Gasteiger partial charge in [-0.05, 0) is 49.4 Å². The maximum absolute atomic E-state index is 14.1. The van der Waals surface area contributed by atoms with Gasteiger partial charge in [-0.2, -0.15) is 0 Å². The lowest BCUT2D eigenvalue weighted by Gasteiger charge is -2.41. The summed E-state index contributed by atoms with van der Waals surface area (Å²) in [5.74, 6) is -1.33. The first-order valence-electron chi connectivity index (χ1n) is 8.78. The van der Waals surface area contributed by atoms with Crippen LogP contribution in [0.3, 0.4) is 0 Å². The number of aliphatic hydroxyl groups is 1. The molecule has 1 atom stereocenters. The van der Waals surface area contributed by atoms with Gasteiger partial charge in [-0.25, -0.2) is 8.78 Å². The molecule has 1 aliphatic rings. The van der Waals surface area contributed by atoms with Gasteiger partial charge in [0, 0.05) is 0 Å². The number of alkyl halides is 1. The molecule has 0 radical (unpaired) electrons. The fourth-order valence-electron chi connectivity index (χ4n) is 3.53. The second kappa shape index (κ2) is 8.54. The van der Waals surface area contributed by atoms with Crippen LogP contribution in [0.2, 0.25) is 15.1 Å².